The van der Waals surface area contributed by atoms with Gasteiger partial charge in [0.25, 0.3) is 5.91 Å². The van der Waals surface area contributed by atoms with E-state index in [2.05, 4.69) is 4.99 Å². The number of rotatable bonds is 2. The van der Waals surface area contributed by atoms with Crippen molar-refractivity contribution in [1.29, 1.82) is 0 Å². The Labute approximate surface area is 73.6 Å². The minimum Gasteiger partial charge on any atom is -0.378 e. The maximum absolute atomic E-state index is 11.1. The molecule has 2 amide bonds. The van der Waals surface area contributed by atoms with Crippen LogP contribution in [-0.2, 0) is 9.59 Å². The molecular weight excluding hydrogens is 178 g/mol. The van der Waals surface area contributed by atoms with Crippen LogP contribution in [0.1, 0.15) is 13.3 Å². The molecule has 66 valence electrons. The summed E-state index contributed by atoms with van der Waals surface area (Å²) in [5.41, 5.74) is 10.3. The van der Waals surface area contributed by atoms with Gasteiger partial charge in [-0.05, 0) is 6.92 Å². The van der Waals surface area contributed by atoms with E-state index in [1.165, 1.54) is 0 Å². The molecule has 1 unspecified atom stereocenters. The topological polar surface area (TPSA) is 98.5 Å². The van der Waals surface area contributed by atoms with Crippen LogP contribution in [0.15, 0.2) is 4.99 Å². The van der Waals surface area contributed by atoms with Crippen molar-refractivity contribution in [2.75, 3.05) is 0 Å². The van der Waals surface area contributed by atoms with Gasteiger partial charge in [-0.2, -0.15) is 4.99 Å². The lowest BCUT2D eigenvalue weighted by molar-refractivity contribution is -0.124. The van der Waals surface area contributed by atoms with Crippen molar-refractivity contribution < 1.29 is 9.59 Å². The second kappa shape index (κ2) is 2.78. The molecule has 1 aliphatic heterocycles. The van der Waals surface area contributed by atoms with Crippen molar-refractivity contribution in [2.45, 2.75) is 18.1 Å². The van der Waals surface area contributed by atoms with Crippen LogP contribution in [0.25, 0.3) is 0 Å². The second-order valence-electron chi connectivity index (χ2n) is 2.73. The summed E-state index contributed by atoms with van der Waals surface area (Å²) in [5, 5.41) is 0.198. The maximum Gasteiger partial charge on any atom is 0.265 e. The third kappa shape index (κ3) is 1.58. The summed E-state index contributed by atoms with van der Waals surface area (Å²) < 4.78 is -0.879. The molecule has 0 saturated carbocycles. The molecule has 1 aliphatic rings. The molecule has 0 aromatic rings. The number of hydrogen-bond donors (Lipinski definition) is 2. The number of carbonyl (C=O) groups is 2. The van der Waals surface area contributed by atoms with E-state index >= 15 is 0 Å². The molecule has 0 saturated heterocycles. The van der Waals surface area contributed by atoms with Crippen molar-refractivity contribution in [1.82, 2.24) is 0 Å². The fourth-order valence-electron chi connectivity index (χ4n) is 0.960. The lowest BCUT2D eigenvalue weighted by Crippen LogP contribution is -2.33. The molecule has 0 aromatic heterocycles. The first-order valence-electron chi connectivity index (χ1n) is 3.30. The van der Waals surface area contributed by atoms with Gasteiger partial charge in [0.05, 0.1) is 6.42 Å². The minimum atomic E-state index is -0.879. The number of amides is 2. The van der Waals surface area contributed by atoms with Gasteiger partial charge in [0.15, 0.2) is 5.17 Å². The fourth-order valence-corrected chi connectivity index (χ4v) is 1.90. The van der Waals surface area contributed by atoms with Gasteiger partial charge in [0.1, 0.15) is 4.75 Å². The van der Waals surface area contributed by atoms with Crippen molar-refractivity contribution in [3.05, 3.63) is 0 Å². The Balaban J connectivity index is 2.76. The molecule has 1 atom stereocenters. The largest absolute Gasteiger partial charge is 0.378 e. The van der Waals surface area contributed by atoms with E-state index in [-0.39, 0.29) is 17.5 Å². The van der Waals surface area contributed by atoms with Gasteiger partial charge in [-0.15, -0.1) is 0 Å². The number of carbonyl (C=O) groups excluding carboxylic acids is 2. The van der Waals surface area contributed by atoms with E-state index in [1.807, 2.05) is 0 Å². The van der Waals surface area contributed by atoms with Gasteiger partial charge < -0.3 is 11.5 Å². The molecule has 4 N–H and O–H groups in total. The predicted molar refractivity (Wildman–Crippen MR) is 46.4 cm³/mol. The van der Waals surface area contributed by atoms with Crippen LogP contribution in [0.3, 0.4) is 0 Å². The minimum absolute atomic E-state index is 0.0271. The zero-order valence-electron chi connectivity index (χ0n) is 6.53. The van der Waals surface area contributed by atoms with Crippen LogP contribution < -0.4 is 11.5 Å². The molecule has 6 heteroatoms. The molecular formula is C6H9N3O2S. The monoisotopic (exact) mass is 187 g/mol. The Morgan fingerprint density at radius 3 is 2.67 bits per heavy atom. The molecule has 0 fully saturated rings. The van der Waals surface area contributed by atoms with Gasteiger partial charge in [0, 0.05) is 0 Å². The number of thioether (sulfide) groups is 1. The predicted octanol–water partition coefficient (Wildman–Crippen LogP) is -0.791. The molecule has 0 bridgehead atoms. The van der Waals surface area contributed by atoms with E-state index in [9.17, 15) is 9.59 Å². The molecule has 1 rings (SSSR count). The van der Waals surface area contributed by atoms with Crippen molar-refractivity contribution >= 4 is 28.7 Å². The highest BCUT2D eigenvalue weighted by molar-refractivity contribution is 8.16. The average Bonchev–Trinajstić information content (AvgIpc) is 2.04. The molecule has 1 heterocycles. The van der Waals surface area contributed by atoms with E-state index in [1.54, 1.807) is 6.92 Å². The summed E-state index contributed by atoms with van der Waals surface area (Å²) in [6.07, 6.45) is -0.0271. The van der Waals surface area contributed by atoms with E-state index in [0.29, 0.717) is 0 Å². The second-order valence-corrected chi connectivity index (χ2v) is 4.25. The molecule has 0 radical (unpaired) electrons. The van der Waals surface area contributed by atoms with E-state index < -0.39 is 10.7 Å². The maximum atomic E-state index is 11.1. The van der Waals surface area contributed by atoms with Crippen molar-refractivity contribution in [3.63, 3.8) is 0 Å². The van der Waals surface area contributed by atoms with E-state index in [4.69, 9.17) is 11.5 Å². The molecule has 5 nitrogen and oxygen atoms in total. The number of hydrogen-bond acceptors (Lipinski definition) is 4. The third-order valence-corrected chi connectivity index (χ3v) is 2.58. The summed E-state index contributed by atoms with van der Waals surface area (Å²) in [6, 6.07) is 0. The Morgan fingerprint density at radius 2 is 2.33 bits per heavy atom. The average molecular weight is 187 g/mol. The lowest BCUT2D eigenvalue weighted by Gasteiger charge is -2.16. The number of primary amides is 1. The number of nitrogens with two attached hydrogens (primary N) is 2. The fraction of sp³-hybridized carbons (Fsp3) is 0.500. The van der Waals surface area contributed by atoms with Gasteiger partial charge in [0.2, 0.25) is 5.91 Å². The Morgan fingerprint density at radius 1 is 1.75 bits per heavy atom. The summed E-state index contributed by atoms with van der Waals surface area (Å²) in [4.78, 5) is 25.2. The standard InChI is InChI=1S/C6H9N3O2S/c1-6(2-3(7)10)4(11)9-5(8)12-6/h2H2,1H3,(H2,7,10)(H2,8,9,11). The van der Waals surface area contributed by atoms with Gasteiger partial charge in [-0.1, -0.05) is 11.8 Å². The summed E-state index contributed by atoms with van der Waals surface area (Å²) in [7, 11) is 0. The summed E-state index contributed by atoms with van der Waals surface area (Å²) >= 11 is 1.08. The van der Waals surface area contributed by atoms with Gasteiger partial charge >= 0.3 is 0 Å². The van der Waals surface area contributed by atoms with Crippen LogP contribution in [0.2, 0.25) is 0 Å². The molecule has 12 heavy (non-hydrogen) atoms. The zero-order valence-corrected chi connectivity index (χ0v) is 7.35. The van der Waals surface area contributed by atoms with Crippen LogP contribution in [-0.4, -0.2) is 21.7 Å². The smallest absolute Gasteiger partial charge is 0.265 e. The third-order valence-electron chi connectivity index (χ3n) is 1.51. The van der Waals surface area contributed by atoms with Crippen LogP contribution >= 0.6 is 11.8 Å². The molecule has 0 spiro atoms. The Bertz CT molecular complexity index is 276. The van der Waals surface area contributed by atoms with Gasteiger partial charge in [-0.25, -0.2) is 0 Å². The lowest BCUT2D eigenvalue weighted by atomic mass is 10.1. The van der Waals surface area contributed by atoms with E-state index in [0.717, 1.165) is 11.8 Å². The van der Waals surface area contributed by atoms with Crippen LogP contribution in [0.5, 0.6) is 0 Å². The highest BCUT2D eigenvalue weighted by atomic mass is 32.2. The summed E-state index contributed by atoms with van der Waals surface area (Å²) in [6.45, 7) is 1.61. The first-order chi connectivity index (χ1) is 5.44. The molecule has 0 aliphatic carbocycles. The Hall–Kier alpha value is -1.04. The first-order valence-corrected chi connectivity index (χ1v) is 4.11. The van der Waals surface area contributed by atoms with Crippen LogP contribution in [0.4, 0.5) is 0 Å². The molecule has 0 aromatic carbocycles. The zero-order chi connectivity index (χ0) is 9.35. The number of nitrogens with zero attached hydrogens (tertiary/aromatic N) is 1. The Kier molecular flexibility index (Phi) is 2.10. The summed E-state index contributed by atoms with van der Waals surface area (Å²) in [5.74, 6) is -0.910. The highest BCUT2D eigenvalue weighted by Crippen LogP contribution is 2.34. The van der Waals surface area contributed by atoms with Gasteiger partial charge in [-0.3, -0.25) is 9.59 Å². The van der Waals surface area contributed by atoms with Crippen molar-refractivity contribution in [3.8, 4) is 0 Å². The number of aliphatic imine (C=N–C) groups is 1. The first kappa shape index (κ1) is 9.05. The normalized spacial score (nSPS) is 28.8. The quantitative estimate of drug-likeness (QED) is 0.591. The number of amidine groups is 1. The van der Waals surface area contributed by atoms with Crippen molar-refractivity contribution in [2.24, 2.45) is 16.5 Å². The SMILES string of the molecule is CC1(CC(N)=O)SC(N)=NC1=O. The van der Waals surface area contributed by atoms with Crippen LogP contribution in [0, 0.1) is 0 Å². The highest BCUT2D eigenvalue weighted by Gasteiger charge is 2.41.